The molecular weight excluding hydrogens is 394 g/mol. The van der Waals surface area contributed by atoms with Crippen molar-refractivity contribution < 1.29 is 9.90 Å². The van der Waals surface area contributed by atoms with Gasteiger partial charge in [-0.1, -0.05) is 25.1 Å². The van der Waals surface area contributed by atoms with Gasteiger partial charge in [-0.25, -0.2) is 0 Å². The predicted octanol–water partition coefficient (Wildman–Crippen LogP) is 4.29. The van der Waals surface area contributed by atoms with E-state index in [1.807, 2.05) is 39.2 Å². The highest BCUT2D eigenvalue weighted by molar-refractivity contribution is 7.16. The summed E-state index contributed by atoms with van der Waals surface area (Å²) in [5.41, 5.74) is 2.32. The highest BCUT2D eigenvalue weighted by Crippen LogP contribution is 2.32. The first-order valence-corrected chi connectivity index (χ1v) is 10.5. The number of aliphatic hydroxyl groups is 1. The van der Waals surface area contributed by atoms with Crippen LogP contribution in [0.2, 0.25) is 0 Å². The Labute approximate surface area is 180 Å². The number of hydrogen-bond acceptors (Lipinski definition) is 5. The van der Waals surface area contributed by atoms with Gasteiger partial charge in [-0.2, -0.15) is 5.26 Å². The minimum Gasteiger partial charge on any atom is -0.396 e. The number of anilines is 1. The molecule has 1 aromatic heterocycles. The number of carbonyl (C=O) groups is 1. The van der Waals surface area contributed by atoms with Crippen LogP contribution in [0.3, 0.4) is 0 Å². The third kappa shape index (κ3) is 5.07. The van der Waals surface area contributed by atoms with Gasteiger partial charge < -0.3 is 15.3 Å². The van der Waals surface area contributed by atoms with E-state index in [0.717, 1.165) is 21.0 Å². The SMILES string of the molecule is CC(CO)CNC(=O)/C(C#N)=C/c1ccc(-c2ccc3cc(N(C)C)ccc3c2)s1. The van der Waals surface area contributed by atoms with E-state index in [2.05, 4.69) is 46.6 Å². The zero-order valence-electron chi connectivity index (χ0n) is 17.3. The lowest BCUT2D eigenvalue weighted by Gasteiger charge is -2.13. The van der Waals surface area contributed by atoms with E-state index in [1.165, 1.54) is 22.1 Å². The zero-order chi connectivity index (χ0) is 21.7. The van der Waals surface area contributed by atoms with Crippen molar-refractivity contribution in [3.05, 3.63) is 59.0 Å². The van der Waals surface area contributed by atoms with E-state index < -0.39 is 5.91 Å². The van der Waals surface area contributed by atoms with Gasteiger partial charge >= 0.3 is 0 Å². The van der Waals surface area contributed by atoms with Gasteiger partial charge in [0.15, 0.2) is 0 Å². The Morgan fingerprint density at radius 1 is 1.20 bits per heavy atom. The third-order valence-electron chi connectivity index (χ3n) is 4.83. The molecule has 2 N–H and O–H groups in total. The van der Waals surface area contributed by atoms with Crippen LogP contribution in [-0.4, -0.2) is 38.3 Å². The first-order chi connectivity index (χ1) is 14.4. The molecule has 0 saturated carbocycles. The van der Waals surface area contributed by atoms with Crippen molar-refractivity contribution in [3.63, 3.8) is 0 Å². The predicted molar refractivity (Wildman–Crippen MR) is 124 cm³/mol. The van der Waals surface area contributed by atoms with Crippen molar-refractivity contribution >= 4 is 39.8 Å². The van der Waals surface area contributed by atoms with E-state index in [-0.39, 0.29) is 18.1 Å². The lowest BCUT2D eigenvalue weighted by Crippen LogP contribution is -2.30. The van der Waals surface area contributed by atoms with Crippen molar-refractivity contribution in [1.29, 1.82) is 5.26 Å². The van der Waals surface area contributed by atoms with Gasteiger partial charge in [-0.15, -0.1) is 11.3 Å². The summed E-state index contributed by atoms with van der Waals surface area (Å²) in [4.78, 5) is 16.2. The number of thiophene rings is 1. The highest BCUT2D eigenvalue weighted by atomic mass is 32.1. The van der Waals surface area contributed by atoms with Gasteiger partial charge in [0.05, 0.1) is 0 Å². The maximum Gasteiger partial charge on any atom is 0.261 e. The molecule has 5 nitrogen and oxygen atoms in total. The molecular formula is C24H25N3O2S. The molecule has 1 heterocycles. The number of carbonyl (C=O) groups excluding carboxylic acids is 1. The summed E-state index contributed by atoms with van der Waals surface area (Å²) in [5.74, 6) is -0.473. The number of benzene rings is 2. The molecule has 2 aromatic carbocycles. The second kappa shape index (κ2) is 9.57. The van der Waals surface area contributed by atoms with Crippen LogP contribution < -0.4 is 10.2 Å². The van der Waals surface area contributed by atoms with Crippen molar-refractivity contribution in [1.82, 2.24) is 5.32 Å². The fourth-order valence-electron chi connectivity index (χ4n) is 2.97. The van der Waals surface area contributed by atoms with Crippen LogP contribution in [0.15, 0.2) is 54.1 Å². The Bertz CT molecular complexity index is 1120. The van der Waals surface area contributed by atoms with Crippen LogP contribution in [-0.2, 0) is 4.79 Å². The average molecular weight is 420 g/mol. The number of nitriles is 1. The topological polar surface area (TPSA) is 76.4 Å². The number of amides is 1. The minimum atomic E-state index is -0.421. The fraction of sp³-hybridized carbons (Fsp3) is 0.250. The van der Waals surface area contributed by atoms with Crippen molar-refractivity contribution in [3.8, 4) is 16.5 Å². The first-order valence-electron chi connectivity index (χ1n) is 9.73. The standard InChI is InChI=1S/C24H25N3O2S/c1-16(15-28)14-26-24(29)20(13-25)12-22-8-9-23(30-22)19-5-4-18-11-21(27(2)3)7-6-17(18)10-19/h4-12,16,28H,14-15H2,1-3H3,(H,26,29)/b20-12+. The summed E-state index contributed by atoms with van der Waals surface area (Å²) < 4.78 is 0. The molecule has 1 atom stereocenters. The average Bonchev–Trinajstić information content (AvgIpc) is 3.23. The Morgan fingerprint density at radius 2 is 1.93 bits per heavy atom. The maximum absolute atomic E-state index is 12.2. The number of nitrogens with zero attached hydrogens (tertiary/aromatic N) is 2. The summed E-state index contributed by atoms with van der Waals surface area (Å²) in [6.45, 7) is 2.14. The largest absolute Gasteiger partial charge is 0.396 e. The van der Waals surface area contributed by atoms with Crippen LogP contribution in [0.4, 0.5) is 5.69 Å². The Balaban J connectivity index is 1.81. The molecule has 0 aliphatic carbocycles. The molecule has 0 aliphatic heterocycles. The van der Waals surface area contributed by atoms with Crippen LogP contribution in [0.1, 0.15) is 11.8 Å². The van der Waals surface area contributed by atoms with Gasteiger partial charge in [0, 0.05) is 42.7 Å². The Hall–Kier alpha value is -3.14. The summed E-state index contributed by atoms with van der Waals surface area (Å²) in [5, 5.41) is 23.5. The molecule has 1 amide bonds. The summed E-state index contributed by atoms with van der Waals surface area (Å²) in [7, 11) is 4.05. The van der Waals surface area contributed by atoms with Crippen molar-refractivity contribution in [2.75, 3.05) is 32.1 Å². The zero-order valence-corrected chi connectivity index (χ0v) is 18.2. The second-order valence-corrected chi connectivity index (χ2v) is 8.63. The fourth-order valence-corrected chi connectivity index (χ4v) is 3.92. The highest BCUT2D eigenvalue weighted by Gasteiger charge is 2.11. The van der Waals surface area contributed by atoms with Crippen LogP contribution in [0, 0.1) is 17.2 Å². The van der Waals surface area contributed by atoms with Crippen molar-refractivity contribution in [2.24, 2.45) is 5.92 Å². The Morgan fingerprint density at radius 3 is 2.63 bits per heavy atom. The summed E-state index contributed by atoms with van der Waals surface area (Å²) in [6, 6.07) is 18.6. The molecule has 0 bridgehead atoms. The smallest absolute Gasteiger partial charge is 0.261 e. The van der Waals surface area contributed by atoms with Gasteiger partial charge in [0.1, 0.15) is 11.6 Å². The molecule has 3 aromatic rings. The van der Waals surface area contributed by atoms with Crippen LogP contribution in [0.25, 0.3) is 27.3 Å². The molecule has 0 fully saturated rings. The van der Waals surface area contributed by atoms with Crippen LogP contribution in [0.5, 0.6) is 0 Å². The molecule has 0 radical (unpaired) electrons. The monoisotopic (exact) mass is 419 g/mol. The summed E-state index contributed by atoms with van der Waals surface area (Å²) >= 11 is 1.54. The Kier molecular flexibility index (Phi) is 6.88. The molecule has 3 rings (SSSR count). The van der Waals surface area contributed by atoms with E-state index in [4.69, 9.17) is 5.11 Å². The van der Waals surface area contributed by atoms with E-state index >= 15 is 0 Å². The van der Waals surface area contributed by atoms with E-state index in [1.54, 1.807) is 6.08 Å². The van der Waals surface area contributed by atoms with Crippen LogP contribution >= 0.6 is 11.3 Å². The molecule has 154 valence electrons. The molecule has 0 spiro atoms. The molecule has 0 aliphatic rings. The molecule has 30 heavy (non-hydrogen) atoms. The van der Waals surface area contributed by atoms with Gasteiger partial charge in [-0.3, -0.25) is 4.79 Å². The normalized spacial score (nSPS) is 12.4. The number of hydrogen-bond donors (Lipinski definition) is 2. The summed E-state index contributed by atoms with van der Waals surface area (Å²) in [6.07, 6.45) is 1.61. The second-order valence-electron chi connectivity index (χ2n) is 7.51. The lowest BCUT2D eigenvalue weighted by atomic mass is 10.1. The number of nitrogens with one attached hydrogen (secondary N) is 1. The minimum absolute atomic E-state index is 0.0115. The van der Waals surface area contributed by atoms with Crippen molar-refractivity contribution in [2.45, 2.75) is 6.92 Å². The number of aliphatic hydroxyl groups excluding tert-OH is 1. The molecule has 0 saturated heterocycles. The molecule has 1 unspecified atom stereocenters. The third-order valence-corrected chi connectivity index (χ3v) is 5.91. The maximum atomic E-state index is 12.2. The van der Waals surface area contributed by atoms with Gasteiger partial charge in [0.2, 0.25) is 0 Å². The first kappa shape index (κ1) is 21.6. The number of rotatable bonds is 7. The lowest BCUT2D eigenvalue weighted by molar-refractivity contribution is -0.117. The quantitative estimate of drug-likeness (QED) is 0.443. The van der Waals surface area contributed by atoms with Gasteiger partial charge in [0.25, 0.3) is 5.91 Å². The number of fused-ring (bicyclic) bond motifs is 1. The van der Waals surface area contributed by atoms with Gasteiger partial charge in [-0.05, 0) is 58.7 Å². The van der Waals surface area contributed by atoms with E-state index in [9.17, 15) is 10.1 Å². The van der Waals surface area contributed by atoms with E-state index in [0.29, 0.717) is 6.54 Å². The molecule has 6 heteroatoms.